The van der Waals surface area contributed by atoms with Gasteiger partial charge in [-0.15, -0.1) is 24.0 Å². The van der Waals surface area contributed by atoms with E-state index in [0.29, 0.717) is 13.1 Å². The molecule has 3 heterocycles. The summed E-state index contributed by atoms with van der Waals surface area (Å²) in [6.45, 7) is 5.95. The fraction of sp³-hybridized carbons (Fsp3) is 0.261. The van der Waals surface area contributed by atoms with Gasteiger partial charge < -0.3 is 15.6 Å². The Morgan fingerprint density at radius 3 is 2.78 bits per heavy atom. The molecule has 0 saturated heterocycles. The minimum atomic E-state index is -0.223. The smallest absolute Gasteiger partial charge is 0.191 e. The molecule has 0 bridgehead atoms. The SMILES string of the molecule is CCNC(=NCc1ccc(-n2ccnc2C)nc1)NCCc1c[nH]c2ccc(F)cc12.I. The van der Waals surface area contributed by atoms with E-state index in [1.54, 1.807) is 18.3 Å². The lowest BCUT2D eigenvalue weighted by molar-refractivity contribution is 0.629. The number of H-pyrrole nitrogens is 1. The van der Waals surface area contributed by atoms with Crippen molar-refractivity contribution in [2.24, 2.45) is 4.99 Å². The lowest BCUT2D eigenvalue weighted by Gasteiger charge is -2.11. The molecule has 0 saturated carbocycles. The third kappa shape index (κ3) is 5.64. The summed E-state index contributed by atoms with van der Waals surface area (Å²) < 4.78 is 15.5. The zero-order valence-electron chi connectivity index (χ0n) is 18.1. The second kappa shape index (κ2) is 11.1. The van der Waals surface area contributed by atoms with E-state index in [1.807, 2.05) is 49.1 Å². The van der Waals surface area contributed by atoms with E-state index in [0.717, 1.165) is 52.6 Å². The van der Waals surface area contributed by atoms with Crippen LogP contribution in [0.1, 0.15) is 23.9 Å². The van der Waals surface area contributed by atoms with Crippen LogP contribution >= 0.6 is 24.0 Å². The Bertz CT molecular complexity index is 1180. The molecule has 9 heteroatoms. The summed E-state index contributed by atoms with van der Waals surface area (Å²) in [6, 6.07) is 8.79. The molecule has 3 aromatic heterocycles. The van der Waals surface area contributed by atoms with Gasteiger partial charge in [-0.3, -0.25) is 4.57 Å². The lowest BCUT2D eigenvalue weighted by Crippen LogP contribution is -2.38. The molecule has 4 aromatic rings. The number of aromatic nitrogens is 4. The normalized spacial score (nSPS) is 11.4. The first-order valence-electron chi connectivity index (χ1n) is 10.4. The number of fused-ring (bicyclic) bond motifs is 1. The van der Waals surface area contributed by atoms with Crippen molar-refractivity contribution in [2.75, 3.05) is 13.1 Å². The molecule has 0 fully saturated rings. The minimum absolute atomic E-state index is 0. The summed E-state index contributed by atoms with van der Waals surface area (Å²) in [5.74, 6) is 2.25. The summed E-state index contributed by atoms with van der Waals surface area (Å²) >= 11 is 0. The van der Waals surface area contributed by atoms with Crippen LogP contribution in [0.5, 0.6) is 0 Å². The number of imidazole rings is 1. The first-order valence-corrected chi connectivity index (χ1v) is 10.4. The standard InChI is InChI=1S/C23H26FN7.HI/c1-3-25-23(27-9-8-18-15-28-21-6-5-19(24)12-20(18)21)30-14-17-4-7-22(29-13-17)31-11-10-26-16(31)2;/h4-7,10-13,15,28H,3,8-9,14H2,1-2H3,(H2,25,27,30);1H. The van der Waals surface area contributed by atoms with Crippen LogP contribution in [0, 0.1) is 12.7 Å². The van der Waals surface area contributed by atoms with Crippen molar-refractivity contribution in [2.45, 2.75) is 26.8 Å². The number of halogens is 2. The molecule has 0 atom stereocenters. The summed E-state index contributed by atoms with van der Waals surface area (Å²) in [6.07, 6.45) is 8.18. The molecule has 0 aliphatic heterocycles. The molecule has 0 aliphatic carbocycles. The Morgan fingerprint density at radius 1 is 1.19 bits per heavy atom. The van der Waals surface area contributed by atoms with Crippen molar-refractivity contribution in [3.05, 3.63) is 77.9 Å². The van der Waals surface area contributed by atoms with Gasteiger partial charge in [0.15, 0.2) is 5.96 Å². The highest BCUT2D eigenvalue weighted by Crippen LogP contribution is 2.19. The molecular formula is C23H27FIN7. The van der Waals surface area contributed by atoms with Crippen molar-refractivity contribution in [3.63, 3.8) is 0 Å². The molecule has 0 spiro atoms. The Morgan fingerprint density at radius 2 is 2.06 bits per heavy atom. The van der Waals surface area contributed by atoms with E-state index in [1.165, 1.54) is 6.07 Å². The molecule has 0 radical (unpaired) electrons. The van der Waals surface area contributed by atoms with Gasteiger partial charge in [-0.05, 0) is 55.7 Å². The number of aliphatic imine (C=N–C) groups is 1. The maximum Gasteiger partial charge on any atom is 0.191 e. The fourth-order valence-electron chi connectivity index (χ4n) is 3.46. The number of benzene rings is 1. The van der Waals surface area contributed by atoms with E-state index in [2.05, 4.69) is 30.6 Å². The molecule has 168 valence electrons. The monoisotopic (exact) mass is 547 g/mol. The first-order chi connectivity index (χ1) is 15.1. The van der Waals surface area contributed by atoms with Gasteiger partial charge >= 0.3 is 0 Å². The molecule has 7 nitrogen and oxygen atoms in total. The number of nitrogens with zero attached hydrogens (tertiary/aromatic N) is 4. The van der Waals surface area contributed by atoms with Gasteiger partial charge in [0.1, 0.15) is 17.5 Å². The number of hydrogen-bond donors (Lipinski definition) is 3. The Kier molecular flexibility index (Phi) is 8.20. The summed E-state index contributed by atoms with van der Waals surface area (Å²) in [5.41, 5.74) is 3.04. The van der Waals surface area contributed by atoms with Gasteiger partial charge in [-0.25, -0.2) is 19.4 Å². The number of hydrogen-bond acceptors (Lipinski definition) is 3. The van der Waals surface area contributed by atoms with Crippen molar-refractivity contribution in [1.82, 2.24) is 30.2 Å². The minimum Gasteiger partial charge on any atom is -0.361 e. The van der Waals surface area contributed by atoms with Gasteiger partial charge in [0.25, 0.3) is 0 Å². The van der Waals surface area contributed by atoms with Crippen LogP contribution in [0.25, 0.3) is 16.7 Å². The van der Waals surface area contributed by atoms with E-state index < -0.39 is 0 Å². The average molecular weight is 547 g/mol. The Labute approximate surface area is 203 Å². The quantitative estimate of drug-likeness (QED) is 0.185. The van der Waals surface area contributed by atoms with Crippen LogP contribution in [0.4, 0.5) is 4.39 Å². The Balaban J connectivity index is 0.00000289. The van der Waals surface area contributed by atoms with Crippen LogP contribution < -0.4 is 10.6 Å². The zero-order valence-corrected chi connectivity index (χ0v) is 20.4. The molecule has 0 unspecified atom stereocenters. The number of guanidine groups is 1. The largest absolute Gasteiger partial charge is 0.361 e. The van der Waals surface area contributed by atoms with Crippen LogP contribution in [-0.2, 0) is 13.0 Å². The number of pyridine rings is 1. The molecule has 4 rings (SSSR count). The number of aryl methyl sites for hydroxylation is 1. The maximum absolute atomic E-state index is 13.6. The third-order valence-corrected chi connectivity index (χ3v) is 5.06. The van der Waals surface area contributed by atoms with Gasteiger partial charge in [-0.1, -0.05) is 6.07 Å². The van der Waals surface area contributed by atoms with Gasteiger partial charge in [-0.2, -0.15) is 0 Å². The second-order valence-electron chi connectivity index (χ2n) is 7.24. The number of rotatable bonds is 7. The molecule has 0 aliphatic rings. The highest BCUT2D eigenvalue weighted by molar-refractivity contribution is 14.0. The highest BCUT2D eigenvalue weighted by atomic mass is 127. The van der Waals surface area contributed by atoms with E-state index >= 15 is 0 Å². The molecule has 32 heavy (non-hydrogen) atoms. The van der Waals surface area contributed by atoms with Crippen LogP contribution in [-0.4, -0.2) is 38.6 Å². The third-order valence-electron chi connectivity index (χ3n) is 5.06. The van der Waals surface area contributed by atoms with Crippen LogP contribution in [0.3, 0.4) is 0 Å². The van der Waals surface area contributed by atoms with Crippen molar-refractivity contribution < 1.29 is 4.39 Å². The zero-order chi connectivity index (χ0) is 21.6. The van der Waals surface area contributed by atoms with E-state index in [-0.39, 0.29) is 29.8 Å². The van der Waals surface area contributed by atoms with Gasteiger partial charge in [0, 0.05) is 48.8 Å². The fourth-order valence-corrected chi connectivity index (χ4v) is 3.46. The van der Waals surface area contributed by atoms with E-state index in [4.69, 9.17) is 0 Å². The lowest BCUT2D eigenvalue weighted by atomic mass is 10.1. The Hall–Kier alpha value is -2.95. The van der Waals surface area contributed by atoms with Gasteiger partial charge in [0.05, 0.1) is 6.54 Å². The number of nitrogens with one attached hydrogen (secondary N) is 3. The molecule has 1 aromatic carbocycles. The van der Waals surface area contributed by atoms with Crippen LogP contribution in [0.2, 0.25) is 0 Å². The summed E-state index contributed by atoms with van der Waals surface area (Å²) in [5, 5.41) is 7.53. The average Bonchev–Trinajstić information content (AvgIpc) is 3.38. The van der Waals surface area contributed by atoms with Crippen LogP contribution in [0.15, 0.2) is 60.1 Å². The van der Waals surface area contributed by atoms with Crippen molar-refractivity contribution >= 4 is 40.8 Å². The first kappa shape index (κ1) is 23.7. The number of aromatic amines is 1. The molecular weight excluding hydrogens is 520 g/mol. The summed E-state index contributed by atoms with van der Waals surface area (Å²) in [4.78, 5) is 16.6. The maximum atomic E-state index is 13.6. The van der Waals surface area contributed by atoms with E-state index in [9.17, 15) is 4.39 Å². The molecule has 3 N–H and O–H groups in total. The highest BCUT2D eigenvalue weighted by Gasteiger charge is 2.06. The topological polar surface area (TPSA) is 82.9 Å². The second-order valence-corrected chi connectivity index (χ2v) is 7.24. The van der Waals surface area contributed by atoms with Crippen molar-refractivity contribution in [1.29, 1.82) is 0 Å². The molecule has 0 amide bonds. The summed E-state index contributed by atoms with van der Waals surface area (Å²) in [7, 11) is 0. The van der Waals surface area contributed by atoms with Gasteiger partial charge in [0.2, 0.25) is 0 Å². The van der Waals surface area contributed by atoms with Crippen molar-refractivity contribution in [3.8, 4) is 5.82 Å². The predicted octanol–water partition coefficient (Wildman–Crippen LogP) is 4.11. The predicted molar refractivity (Wildman–Crippen MR) is 136 cm³/mol.